The SMILES string of the molecule is CCc1nccn1C(=O)C=CN(C)C. The fraction of sp³-hybridized carbons (Fsp3) is 0.400. The summed E-state index contributed by atoms with van der Waals surface area (Å²) in [5.41, 5.74) is 0. The molecule has 4 heteroatoms. The van der Waals surface area contributed by atoms with Crippen molar-refractivity contribution in [1.29, 1.82) is 0 Å². The largest absolute Gasteiger partial charge is 0.383 e. The van der Waals surface area contributed by atoms with Crippen molar-refractivity contribution in [3.8, 4) is 0 Å². The molecule has 14 heavy (non-hydrogen) atoms. The van der Waals surface area contributed by atoms with Crippen molar-refractivity contribution in [1.82, 2.24) is 14.5 Å². The van der Waals surface area contributed by atoms with Crippen LogP contribution in [0.3, 0.4) is 0 Å². The van der Waals surface area contributed by atoms with Crippen molar-refractivity contribution in [2.75, 3.05) is 14.1 Å². The first kappa shape index (κ1) is 10.5. The van der Waals surface area contributed by atoms with E-state index in [1.165, 1.54) is 6.08 Å². The number of rotatable bonds is 3. The van der Waals surface area contributed by atoms with E-state index in [1.807, 2.05) is 25.9 Å². The van der Waals surface area contributed by atoms with E-state index in [4.69, 9.17) is 0 Å². The second-order valence-corrected chi connectivity index (χ2v) is 3.18. The average Bonchev–Trinajstić information content (AvgIpc) is 2.61. The van der Waals surface area contributed by atoms with E-state index in [0.29, 0.717) is 0 Å². The van der Waals surface area contributed by atoms with Crippen LogP contribution in [-0.2, 0) is 6.42 Å². The van der Waals surface area contributed by atoms with Crippen LogP contribution in [0.25, 0.3) is 0 Å². The van der Waals surface area contributed by atoms with Crippen molar-refractivity contribution in [3.05, 3.63) is 30.5 Å². The Kier molecular flexibility index (Phi) is 3.45. The molecule has 0 spiro atoms. The van der Waals surface area contributed by atoms with Crippen LogP contribution in [0, 0.1) is 0 Å². The second kappa shape index (κ2) is 4.60. The van der Waals surface area contributed by atoms with E-state index in [9.17, 15) is 4.79 Å². The molecule has 0 radical (unpaired) electrons. The monoisotopic (exact) mass is 193 g/mol. The summed E-state index contributed by atoms with van der Waals surface area (Å²) >= 11 is 0. The highest BCUT2D eigenvalue weighted by atomic mass is 16.1. The van der Waals surface area contributed by atoms with Gasteiger partial charge < -0.3 is 4.90 Å². The number of hydrogen-bond acceptors (Lipinski definition) is 3. The van der Waals surface area contributed by atoms with Crippen LogP contribution in [0.2, 0.25) is 0 Å². The number of imidazole rings is 1. The maximum Gasteiger partial charge on any atom is 0.257 e. The number of allylic oxidation sites excluding steroid dienone is 1. The molecule has 0 aliphatic carbocycles. The Morgan fingerprint density at radius 2 is 2.36 bits per heavy atom. The number of carbonyl (C=O) groups is 1. The molecule has 0 unspecified atom stereocenters. The topological polar surface area (TPSA) is 38.1 Å². The predicted molar refractivity (Wildman–Crippen MR) is 55.1 cm³/mol. The molecule has 1 heterocycles. The third-order valence-corrected chi connectivity index (χ3v) is 1.79. The van der Waals surface area contributed by atoms with Gasteiger partial charge in [0.1, 0.15) is 5.82 Å². The first-order valence-electron chi connectivity index (χ1n) is 4.56. The Bertz CT molecular complexity index is 339. The Balaban J connectivity index is 2.79. The van der Waals surface area contributed by atoms with E-state index < -0.39 is 0 Å². The van der Waals surface area contributed by atoms with Crippen LogP contribution >= 0.6 is 0 Å². The summed E-state index contributed by atoms with van der Waals surface area (Å²) in [5.74, 6) is 0.728. The van der Waals surface area contributed by atoms with Gasteiger partial charge in [-0.3, -0.25) is 9.36 Å². The van der Waals surface area contributed by atoms with Crippen LogP contribution < -0.4 is 0 Å². The average molecular weight is 193 g/mol. The molecule has 0 amide bonds. The van der Waals surface area contributed by atoms with Crippen molar-refractivity contribution < 1.29 is 4.79 Å². The summed E-state index contributed by atoms with van der Waals surface area (Å²) in [6.45, 7) is 1.97. The van der Waals surface area contributed by atoms with Gasteiger partial charge in [-0.15, -0.1) is 0 Å². The molecule has 0 aromatic carbocycles. The quantitative estimate of drug-likeness (QED) is 0.676. The van der Waals surface area contributed by atoms with Crippen LogP contribution in [-0.4, -0.2) is 34.5 Å². The van der Waals surface area contributed by atoms with Gasteiger partial charge in [-0.2, -0.15) is 0 Å². The molecule has 1 aromatic rings. The fourth-order valence-electron chi connectivity index (χ4n) is 1.09. The van der Waals surface area contributed by atoms with Gasteiger partial charge in [0.05, 0.1) is 0 Å². The standard InChI is InChI=1S/C10H15N3O/c1-4-9-11-6-8-13(9)10(14)5-7-12(2)3/h5-8H,4H2,1-3H3. The smallest absolute Gasteiger partial charge is 0.257 e. The zero-order chi connectivity index (χ0) is 10.6. The van der Waals surface area contributed by atoms with Gasteiger partial charge in [0.15, 0.2) is 0 Å². The zero-order valence-electron chi connectivity index (χ0n) is 8.77. The van der Waals surface area contributed by atoms with E-state index >= 15 is 0 Å². The molecule has 0 saturated heterocycles. The minimum atomic E-state index is -0.0620. The summed E-state index contributed by atoms with van der Waals surface area (Å²) in [4.78, 5) is 17.5. The Morgan fingerprint density at radius 1 is 1.64 bits per heavy atom. The Morgan fingerprint density at radius 3 is 2.93 bits per heavy atom. The van der Waals surface area contributed by atoms with Gasteiger partial charge in [0.2, 0.25) is 0 Å². The highest BCUT2D eigenvalue weighted by molar-refractivity contribution is 5.90. The first-order chi connectivity index (χ1) is 6.65. The number of aromatic nitrogens is 2. The number of nitrogens with zero attached hydrogens (tertiary/aromatic N) is 3. The molecular weight excluding hydrogens is 178 g/mol. The molecule has 0 fully saturated rings. The molecule has 1 aromatic heterocycles. The fourth-order valence-corrected chi connectivity index (χ4v) is 1.09. The summed E-state index contributed by atoms with van der Waals surface area (Å²) < 4.78 is 1.56. The molecule has 0 aliphatic heterocycles. The lowest BCUT2D eigenvalue weighted by Crippen LogP contribution is -2.11. The highest BCUT2D eigenvalue weighted by Crippen LogP contribution is 1.99. The number of carbonyl (C=O) groups excluding carboxylic acids is 1. The second-order valence-electron chi connectivity index (χ2n) is 3.18. The Labute approximate surface area is 83.9 Å². The van der Waals surface area contributed by atoms with Crippen LogP contribution in [0.15, 0.2) is 24.7 Å². The van der Waals surface area contributed by atoms with Crippen molar-refractivity contribution >= 4 is 5.91 Å². The van der Waals surface area contributed by atoms with Crippen LogP contribution in [0.4, 0.5) is 0 Å². The summed E-state index contributed by atoms with van der Waals surface area (Å²) in [5, 5.41) is 0. The molecule has 1 rings (SSSR count). The van der Waals surface area contributed by atoms with E-state index in [-0.39, 0.29) is 5.91 Å². The van der Waals surface area contributed by atoms with E-state index in [1.54, 1.807) is 23.2 Å². The van der Waals surface area contributed by atoms with Gasteiger partial charge >= 0.3 is 0 Å². The van der Waals surface area contributed by atoms with E-state index in [2.05, 4.69) is 4.98 Å². The number of aryl methyl sites for hydroxylation is 1. The maximum absolute atomic E-state index is 11.6. The molecule has 0 N–H and O–H groups in total. The lowest BCUT2D eigenvalue weighted by atomic mass is 10.4. The van der Waals surface area contributed by atoms with Gasteiger partial charge in [-0.25, -0.2) is 4.98 Å². The molecule has 0 aliphatic rings. The Hall–Kier alpha value is -1.58. The minimum absolute atomic E-state index is 0.0620. The normalized spacial score (nSPS) is 10.8. The third-order valence-electron chi connectivity index (χ3n) is 1.79. The minimum Gasteiger partial charge on any atom is -0.383 e. The van der Waals surface area contributed by atoms with Crippen LogP contribution in [0.5, 0.6) is 0 Å². The molecule has 0 bridgehead atoms. The van der Waals surface area contributed by atoms with Crippen molar-refractivity contribution in [2.45, 2.75) is 13.3 Å². The van der Waals surface area contributed by atoms with Gasteiger partial charge in [-0.1, -0.05) is 6.92 Å². The predicted octanol–water partition coefficient (Wildman–Crippen LogP) is 1.16. The zero-order valence-corrected chi connectivity index (χ0v) is 8.77. The van der Waals surface area contributed by atoms with E-state index in [0.717, 1.165) is 12.2 Å². The van der Waals surface area contributed by atoms with Gasteiger partial charge in [0, 0.05) is 45.2 Å². The molecule has 0 saturated carbocycles. The van der Waals surface area contributed by atoms with Crippen molar-refractivity contribution in [2.24, 2.45) is 0 Å². The van der Waals surface area contributed by atoms with Gasteiger partial charge in [0.25, 0.3) is 5.91 Å². The lowest BCUT2D eigenvalue weighted by molar-refractivity contribution is 0.0964. The highest BCUT2D eigenvalue weighted by Gasteiger charge is 2.05. The molecule has 4 nitrogen and oxygen atoms in total. The molecule has 0 atom stereocenters. The van der Waals surface area contributed by atoms with Crippen molar-refractivity contribution in [3.63, 3.8) is 0 Å². The maximum atomic E-state index is 11.6. The summed E-state index contributed by atoms with van der Waals surface area (Å²) in [6.07, 6.45) is 7.33. The van der Waals surface area contributed by atoms with Gasteiger partial charge in [-0.05, 0) is 0 Å². The molecular formula is C10H15N3O. The summed E-state index contributed by atoms with van der Waals surface area (Å²) in [7, 11) is 3.75. The third kappa shape index (κ3) is 2.45. The molecule has 76 valence electrons. The van der Waals surface area contributed by atoms with Crippen LogP contribution in [0.1, 0.15) is 17.5 Å². The summed E-state index contributed by atoms with van der Waals surface area (Å²) in [6, 6.07) is 0. The number of hydrogen-bond donors (Lipinski definition) is 0. The first-order valence-corrected chi connectivity index (χ1v) is 4.56. The lowest BCUT2D eigenvalue weighted by Gasteiger charge is -2.04.